The number of carbonyl (C=O) groups excluding carboxylic acids is 1. The highest BCUT2D eigenvalue weighted by Crippen LogP contribution is 2.35. The number of phenols is 1. The zero-order chi connectivity index (χ0) is 20.1. The van der Waals surface area contributed by atoms with Gasteiger partial charge in [-0.3, -0.25) is 14.9 Å². The van der Waals surface area contributed by atoms with Crippen molar-refractivity contribution in [3.05, 3.63) is 86.8 Å². The fraction of sp³-hybridized carbons (Fsp3) is 0.0952. The van der Waals surface area contributed by atoms with Crippen LogP contribution in [0.2, 0.25) is 0 Å². The molecule has 0 aliphatic carbocycles. The number of aliphatic hydroxyl groups is 1. The number of rotatable bonds is 7. The number of nitro groups is 1. The number of hydrogen-bond acceptors (Lipinski definition) is 6. The van der Waals surface area contributed by atoms with E-state index in [9.17, 15) is 20.0 Å². The van der Waals surface area contributed by atoms with Crippen LogP contribution >= 0.6 is 11.3 Å². The van der Waals surface area contributed by atoms with Crippen molar-refractivity contribution in [2.24, 2.45) is 0 Å². The lowest BCUT2D eigenvalue weighted by molar-refractivity contribution is -0.384. The molecule has 0 aliphatic rings. The molecule has 0 spiro atoms. The van der Waals surface area contributed by atoms with Gasteiger partial charge in [-0.1, -0.05) is 12.1 Å². The number of hydrogen-bond donors (Lipinski definition) is 2. The third-order valence-electron chi connectivity index (χ3n) is 4.14. The van der Waals surface area contributed by atoms with Crippen molar-refractivity contribution in [2.75, 3.05) is 6.61 Å². The Morgan fingerprint density at radius 3 is 2.68 bits per heavy atom. The summed E-state index contributed by atoms with van der Waals surface area (Å²) < 4.78 is 0. The van der Waals surface area contributed by atoms with Crippen LogP contribution in [-0.4, -0.2) is 27.5 Å². The molecule has 0 radical (unpaired) electrons. The molecular formula is C21H17NO5S. The molecule has 1 heterocycles. The van der Waals surface area contributed by atoms with Crippen molar-refractivity contribution in [2.45, 2.75) is 6.42 Å². The van der Waals surface area contributed by atoms with Crippen LogP contribution in [0.5, 0.6) is 5.75 Å². The van der Waals surface area contributed by atoms with E-state index in [0.717, 1.165) is 9.75 Å². The second-order valence-corrected chi connectivity index (χ2v) is 7.11. The highest BCUT2D eigenvalue weighted by atomic mass is 32.1. The standard InChI is InChI=1S/C21H17NO5S/c23-12-11-15-13-14(5-8-19(15)24)20(25)9-6-16-7-10-21(28-16)17-3-1-2-4-18(17)22(26)27/h1-10,13,23-24H,11-12H2/b9-6+. The molecule has 0 saturated carbocycles. The number of thiophene rings is 1. The molecule has 0 saturated heterocycles. The molecule has 0 aliphatic heterocycles. The van der Waals surface area contributed by atoms with Crippen LogP contribution in [0, 0.1) is 10.1 Å². The number of ketones is 1. The summed E-state index contributed by atoms with van der Waals surface area (Å²) in [4.78, 5) is 24.7. The first-order valence-electron chi connectivity index (χ1n) is 8.48. The predicted molar refractivity (Wildman–Crippen MR) is 109 cm³/mol. The fourth-order valence-corrected chi connectivity index (χ4v) is 3.69. The lowest BCUT2D eigenvalue weighted by Gasteiger charge is -2.04. The molecule has 142 valence electrons. The summed E-state index contributed by atoms with van der Waals surface area (Å²) in [5.74, 6) is -0.193. The summed E-state index contributed by atoms with van der Waals surface area (Å²) in [6, 6.07) is 14.6. The summed E-state index contributed by atoms with van der Waals surface area (Å²) in [6.07, 6.45) is 3.34. The molecular weight excluding hydrogens is 378 g/mol. The van der Waals surface area contributed by atoms with Gasteiger partial charge in [0.05, 0.1) is 10.5 Å². The van der Waals surface area contributed by atoms with Crippen LogP contribution in [0.4, 0.5) is 5.69 Å². The molecule has 0 unspecified atom stereocenters. The number of allylic oxidation sites excluding steroid dienone is 1. The zero-order valence-corrected chi connectivity index (χ0v) is 15.6. The van der Waals surface area contributed by atoms with E-state index in [1.54, 1.807) is 42.5 Å². The van der Waals surface area contributed by atoms with Crippen LogP contribution in [0.3, 0.4) is 0 Å². The SMILES string of the molecule is O=C(/C=C/c1ccc(-c2ccccc2[N+](=O)[O-])s1)c1ccc(O)c(CCO)c1. The van der Waals surface area contributed by atoms with Crippen LogP contribution in [-0.2, 0) is 6.42 Å². The number of phenolic OH excluding ortho intramolecular Hbond substituents is 1. The lowest BCUT2D eigenvalue weighted by atomic mass is 10.0. The van der Waals surface area contributed by atoms with Gasteiger partial charge in [0, 0.05) is 28.0 Å². The minimum absolute atomic E-state index is 0.0384. The van der Waals surface area contributed by atoms with Gasteiger partial charge in [-0.15, -0.1) is 11.3 Å². The van der Waals surface area contributed by atoms with Gasteiger partial charge >= 0.3 is 0 Å². The minimum atomic E-state index is -0.414. The summed E-state index contributed by atoms with van der Waals surface area (Å²) in [6.45, 7) is -0.120. The van der Waals surface area contributed by atoms with Gasteiger partial charge in [0.1, 0.15) is 5.75 Å². The van der Waals surface area contributed by atoms with Crippen LogP contribution in [0.15, 0.2) is 60.7 Å². The van der Waals surface area contributed by atoms with Crippen molar-refractivity contribution in [3.8, 4) is 16.2 Å². The Morgan fingerprint density at radius 2 is 1.93 bits per heavy atom. The molecule has 1 aromatic heterocycles. The first-order chi connectivity index (χ1) is 13.5. The Bertz CT molecular complexity index is 1050. The van der Waals surface area contributed by atoms with Gasteiger partial charge in [-0.2, -0.15) is 0 Å². The Labute approximate surface area is 165 Å². The molecule has 0 atom stereocenters. The number of nitrogens with zero attached hydrogens (tertiary/aromatic N) is 1. The van der Waals surface area contributed by atoms with E-state index in [1.807, 2.05) is 0 Å². The van der Waals surface area contributed by atoms with Gasteiger partial charge in [-0.05, 0) is 60.5 Å². The average molecular weight is 395 g/mol. The molecule has 3 rings (SSSR count). The van der Waals surface area contributed by atoms with E-state index >= 15 is 0 Å². The Morgan fingerprint density at radius 1 is 1.14 bits per heavy atom. The van der Waals surface area contributed by atoms with E-state index in [1.165, 1.54) is 35.6 Å². The van der Waals surface area contributed by atoms with Crippen molar-refractivity contribution in [3.63, 3.8) is 0 Å². The number of aromatic hydroxyl groups is 1. The normalized spacial score (nSPS) is 11.0. The fourth-order valence-electron chi connectivity index (χ4n) is 2.74. The highest BCUT2D eigenvalue weighted by Gasteiger charge is 2.15. The average Bonchev–Trinajstić information content (AvgIpc) is 3.17. The Balaban J connectivity index is 1.80. The molecule has 0 amide bonds. The first-order valence-corrected chi connectivity index (χ1v) is 9.30. The summed E-state index contributed by atoms with van der Waals surface area (Å²) in [7, 11) is 0. The van der Waals surface area contributed by atoms with E-state index in [2.05, 4.69) is 0 Å². The maximum atomic E-state index is 12.4. The molecule has 0 bridgehead atoms. The molecule has 3 aromatic rings. The molecule has 6 nitrogen and oxygen atoms in total. The van der Waals surface area contributed by atoms with Gasteiger partial charge in [0.25, 0.3) is 5.69 Å². The smallest absolute Gasteiger partial charge is 0.278 e. The first kappa shape index (κ1) is 19.5. The van der Waals surface area contributed by atoms with E-state index in [-0.39, 0.29) is 30.2 Å². The summed E-state index contributed by atoms with van der Waals surface area (Å²) >= 11 is 1.35. The number of nitro benzene ring substituents is 1. The highest BCUT2D eigenvalue weighted by molar-refractivity contribution is 7.16. The van der Waals surface area contributed by atoms with Crippen molar-refractivity contribution in [1.82, 2.24) is 0 Å². The molecule has 2 aromatic carbocycles. The van der Waals surface area contributed by atoms with Gasteiger partial charge in [0.15, 0.2) is 5.78 Å². The predicted octanol–water partition coefficient (Wildman–Crippen LogP) is 4.46. The maximum Gasteiger partial charge on any atom is 0.278 e. The largest absolute Gasteiger partial charge is 0.508 e. The third kappa shape index (κ3) is 4.33. The molecule has 0 fully saturated rings. The van der Waals surface area contributed by atoms with E-state index < -0.39 is 4.92 Å². The van der Waals surface area contributed by atoms with Gasteiger partial charge < -0.3 is 10.2 Å². The van der Waals surface area contributed by atoms with E-state index in [4.69, 9.17) is 5.11 Å². The monoisotopic (exact) mass is 395 g/mol. The van der Waals surface area contributed by atoms with Crippen molar-refractivity contribution in [1.29, 1.82) is 0 Å². The molecule has 28 heavy (non-hydrogen) atoms. The second kappa shape index (κ2) is 8.60. The van der Waals surface area contributed by atoms with Crippen molar-refractivity contribution >= 4 is 28.9 Å². The second-order valence-electron chi connectivity index (χ2n) is 5.99. The van der Waals surface area contributed by atoms with Crippen LogP contribution < -0.4 is 0 Å². The van der Waals surface area contributed by atoms with Crippen LogP contribution in [0.1, 0.15) is 20.8 Å². The van der Waals surface area contributed by atoms with E-state index in [0.29, 0.717) is 16.7 Å². The maximum absolute atomic E-state index is 12.4. The quantitative estimate of drug-likeness (QED) is 0.266. The number of carbonyl (C=O) groups is 1. The topological polar surface area (TPSA) is 101 Å². The zero-order valence-electron chi connectivity index (χ0n) is 14.7. The summed E-state index contributed by atoms with van der Waals surface area (Å²) in [5.41, 5.74) is 1.50. The van der Waals surface area contributed by atoms with Crippen molar-refractivity contribution < 1.29 is 19.9 Å². The Kier molecular flexibility index (Phi) is 5.98. The lowest BCUT2D eigenvalue weighted by Crippen LogP contribution is -1.98. The van der Waals surface area contributed by atoms with Gasteiger partial charge in [0.2, 0.25) is 0 Å². The van der Waals surface area contributed by atoms with Gasteiger partial charge in [-0.25, -0.2) is 0 Å². The molecule has 2 N–H and O–H groups in total. The number of aliphatic hydroxyl groups excluding tert-OH is 1. The van der Waals surface area contributed by atoms with Crippen LogP contribution in [0.25, 0.3) is 16.5 Å². The number of para-hydroxylation sites is 1. The summed E-state index contributed by atoms with van der Waals surface area (Å²) in [5, 5.41) is 30.0. The third-order valence-corrected chi connectivity index (χ3v) is 5.22. The minimum Gasteiger partial charge on any atom is -0.508 e. The number of benzene rings is 2. The Hall–Kier alpha value is -3.29. The molecule has 7 heteroatoms.